The van der Waals surface area contributed by atoms with Gasteiger partial charge in [-0.1, -0.05) is 5.16 Å². The van der Waals surface area contributed by atoms with Crippen LogP contribution in [0.2, 0.25) is 0 Å². The minimum absolute atomic E-state index is 0.0508. The quantitative estimate of drug-likeness (QED) is 0.647. The van der Waals surface area contributed by atoms with E-state index in [1.54, 1.807) is 7.11 Å². The third-order valence-electron chi connectivity index (χ3n) is 7.06. The molecule has 178 valence electrons. The zero-order valence-electron chi connectivity index (χ0n) is 19.2. The molecule has 2 aromatic rings. The Bertz CT molecular complexity index is 921. The number of benzene rings is 1. The molecule has 1 aromatic heterocycles. The summed E-state index contributed by atoms with van der Waals surface area (Å²) >= 11 is 0. The summed E-state index contributed by atoms with van der Waals surface area (Å²) in [6.07, 6.45) is 2.76. The van der Waals surface area contributed by atoms with Crippen molar-refractivity contribution < 1.29 is 18.8 Å². The Balaban J connectivity index is 1.05. The SMILES string of the molecule is COc1ccc(-c2noc(N3CCC(C(=O)NCC4CCN(CC5COC5)C4)CC3)n2)cc1. The van der Waals surface area contributed by atoms with Crippen molar-refractivity contribution in [3.63, 3.8) is 0 Å². The number of ether oxygens (including phenoxy) is 2. The minimum Gasteiger partial charge on any atom is -0.497 e. The molecule has 3 fully saturated rings. The summed E-state index contributed by atoms with van der Waals surface area (Å²) in [5.74, 6) is 2.85. The Morgan fingerprint density at radius 2 is 1.91 bits per heavy atom. The van der Waals surface area contributed by atoms with Crippen molar-refractivity contribution in [2.45, 2.75) is 19.3 Å². The molecule has 0 spiro atoms. The number of nitrogens with one attached hydrogen (secondary N) is 1. The second-order valence-electron chi connectivity index (χ2n) is 9.45. The van der Waals surface area contributed by atoms with Crippen LogP contribution < -0.4 is 15.0 Å². The molecule has 0 radical (unpaired) electrons. The van der Waals surface area contributed by atoms with Crippen LogP contribution in [0.3, 0.4) is 0 Å². The second kappa shape index (κ2) is 10.1. The zero-order valence-corrected chi connectivity index (χ0v) is 19.2. The summed E-state index contributed by atoms with van der Waals surface area (Å²) in [6.45, 7) is 7.43. The first kappa shape index (κ1) is 22.2. The summed E-state index contributed by atoms with van der Waals surface area (Å²) in [4.78, 5) is 21.9. The predicted octanol–water partition coefficient (Wildman–Crippen LogP) is 2.05. The number of carbonyl (C=O) groups is 1. The summed E-state index contributed by atoms with van der Waals surface area (Å²) < 4.78 is 16.0. The van der Waals surface area contributed by atoms with Gasteiger partial charge in [-0.25, -0.2) is 0 Å². The normalized spacial score (nSPS) is 22.3. The molecule has 1 unspecified atom stereocenters. The molecule has 4 heterocycles. The Labute approximate surface area is 194 Å². The summed E-state index contributed by atoms with van der Waals surface area (Å²) in [5, 5.41) is 7.33. The fraction of sp³-hybridized carbons (Fsp3) is 0.625. The number of nitrogens with zero attached hydrogens (tertiary/aromatic N) is 4. The van der Waals surface area contributed by atoms with E-state index >= 15 is 0 Å². The fourth-order valence-electron chi connectivity index (χ4n) is 4.92. The molecule has 5 rings (SSSR count). The molecule has 0 saturated carbocycles. The van der Waals surface area contributed by atoms with E-state index < -0.39 is 0 Å². The Morgan fingerprint density at radius 1 is 1.12 bits per heavy atom. The van der Waals surface area contributed by atoms with Gasteiger partial charge in [0.05, 0.1) is 20.3 Å². The smallest absolute Gasteiger partial charge is 0.324 e. The van der Waals surface area contributed by atoms with Crippen LogP contribution in [0.1, 0.15) is 19.3 Å². The molecule has 1 amide bonds. The summed E-state index contributed by atoms with van der Waals surface area (Å²) in [7, 11) is 1.64. The van der Waals surface area contributed by atoms with Crippen LogP contribution in [0.4, 0.5) is 6.01 Å². The van der Waals surface area contributed by atoms with Crippen molar-refractivity contribution in [3.8, 4) is 17.1 Å². The lowest BCUT2D eigenvalue weighted by molar-refractivity contribution is -0.125. The van der Waals surface area contributed by atoms with Crippen LogP contribution in [0, 0.1) is 17.8 Å². The number of hydrogen-bond acceptors (Lipinski definition) is 8. The number of likely N-dealkylation sites (tertiary alicyclic amines) is 1. The van der Waals surface area contributed by atoms with Gasteiger partial charge in [0, 0.05) is 50.1 Å². The van der Waals surface area contributed by atoms with Gasteiger partial charge in [-0.2, -0.15) is 4.98 Å². The van der Waals surface area contributed by atoms with Crippen LogP contribution in [0.25, 0.3) is 11.4 Å². The van der Waals surface area contributed by atoms with Crippen molar-refractivity contribution in [2.75, 3.05) is 64.5 Å². The lowest BCUT2D eigenvalue weighted by atomic mass is 9.96. The van der Waals surface area contributed by atoms with Gasteiger partial charge in [0.2, 0.25) is 11.7 Å². The Hall–Kier alpha value is -2.65. The van der Waals surface area contributed by atoms with Gasteiger partial charge in [0.15, 0.2) is 0 Å². The summed E-state index contributed by atoms with van der Waals surface area (Å²) in [5.41, 5.74) is 0.881. The number of hydrogen-bond donors (Lipinski definition) is 1. The maximum atomic E-state index is 12.7. The largest absolute Gasteiger partial charge is 0.497 e. The maximum Gasteiger partial charge on any atom is 0.324 e. The molecular formula is C24H33N5O4. The number of aromatic nitrogens is 2. The lowest BCUT2D eigenvalue weighted by Gasteiger charge is -2.30. The lowest BCUT2D eigenvalue weighted by Crippen LogP contribution is -2.42. The molecule has 9 nitrogen and oxygen atoms in total. The molecule has 3 aliphatic heterocycles. The number of anilines is 1. The topological polar surface area (TPSA) is 93.0 Å². The molecule has 0 aliphatic carbocycles. The highest BCUT2D eigenvalue weighted by Gasteiger charge is 2.30. The molecule has 0 bridgehead atoms. The van der Waals surface area contributed by atoms with E-state index in [2.05, 4.69) is 25.3 Å². The van der Waals surface area contributed by atoms with Crippen molar-refractivity contribution in [1.82, 2.24) is 20.4 Å². The Kier molecular flexibility index (Phi) is 6.78. The van der Waals surface area contributed by atoms with Crippen molar-refractivity contribution in [3.05, 3.63) is 24.3 Å². The van der Waals surface area contributed by atoms with E-state index in [0.29, 0.717) is 23.7 Å². The number of piperidine rings is 1. The number of amides is 1. The first-order valence-corrected chi connectivity index (χ1v) is 12.0. The van der Waals surface area contributed by atoms with Crippen molar-refractivity contribution >= 4 is 11.9 Å². The molecule has 1 aromatic carbocycles. The number of methoxy groups -OCH3 is 1. The van der Waals surface area contributed by atoms with E-state index in [-0.39, 0.29) is 11.8 Å². The van der Waals surface area contributed by atoms with Gasteiger partial charge in [-0.05, 0) is 56.0 Å². The highest BCUT2D eigenvalue weighted by Crippen LogP contribution is 2.26. The van der Waals surface area contributed by atoms with Crippen LogP contribution in [-0.2, 0) is 9.53 Å². The van der Waals surface area contributed by atoms with E-state index in [9.17, 15) is 4.79 Å². The van der Waals surface area contributed by atoms with Crippen molar-refractivity contribution in [2.24, 2.45) is 17.8 Å². The third kappa shape index (κ3) is 5.30. The molecule has 3 saturated heterocycles. The first-order valence-electron chi connectivity index (χ1n) is 12.0. The molecule has 33 heavy (non-hydrogen) atoms. The van der Waals surface area contributed by atoms with Crippen LogP contribution >= 0.6 is 0 Å². The zero-order chi connectivity index (χ0) is 22.6. The van der Waals surface area contributed by atoms with Crippen LogP contribution in [0.5, 0.6) is 5.75 Å². The van der Waals surface area contributed by atoms with Gasteiger partial charge in [-0.3, -0.25) is 4.79 Å². The van der Waals surface area contributed by atoms with Gasteiger partial charge in [-0.15, -0.1) is 0 Å². The second-order valence-corrected chi connectivity index (χ2v) is 9.45. The van der Waals surface area contributed by atoms with E-state index in [4.69, 9.17) is 14.0 Å². The molecule has 9 heteroatoms. The molecular weight excluding hydrogens is 422 g/mol. The summed E-state index contributed by atoms with van der Waals surface area (Å²) in [6, 6.07) is 8.09. The number of rotatable bonds is 8. The Morgan fingerprint density at radius 3 is 2.61 bits per heavy atom. The minimum atomic E-state index is 0.0508. The van der Waals surface area contributed by atoms with Crippen molar-refractivity contribution in [1.29, 1.82) is 0 Å². The fourth-order valence-corrected chi connectivity index (χ4v) is 4.92. The predicted molar refractivity (Wildman–Crippen MR) is 123 cm³/mol. The average Bonchev–Trinajstić information content (AvgIpc) is 3.50. The third-order valence-corrected chi connectivity index (χ3v) is 7.06. The highest BCUT2D eigenvalue weighted by molar-refractivity contribution is 5.79. The molecule has 1 N–H and O–H groups in total. The van der Waals surface area contributed by atoms with E-state index in [1.165, 1.54) is 6.42 Å². The monoisotopic (exact) mass is 455 g/mol. The molecule has 1 atom stereocenters. The van der Waals surface area contributed by atoms with E-state index in [0.717, 1.165) is 76.6 Å². The highest BCUT2D eigenvalue weighted by atomic mass is 16.5. The van der Waals surface area contributed by atoms with Gasteiger partial charge in [0.1, 0.15) is 5.75 Å². The van der Waals surface area contributed by atoms with Gasteiger partial charge in [0.25, 0.3) is 0 Å². The first-order chi connectivity index (χ1) is 16.2. The average molecular weight is 456 g/mol. The van der Waals surface area contributed by atoms with Gasteiger partial charge < -0.3 is 29.1 Å². The van der Waals surface area contributed by atoms with Gasteiger partial charge >= 0.3 is 6.01 Å². The van der Waals surface area contributed by atoms with E-state index in [1.807, 2.05) is 24.3 Å². The van der Waals surface area contributed by atoms with Crippen LogP contribution in [0.15, 0.2) is 28.8 Å². The maximum absolute atomic E-state index is 12.7. The number of carbonyl (C=O) groups excluding carboxylic acids is 1. The molecule has 3 aliphatic rings. The standard InChI is InChI=1S/C24H33N5O4/c1-31-21-4-2-19(3-5-21)22-26-24(33-27-22)29-10-7-20(8-11-29)23(30)25-12-17-6-9-28(13-17)14-18-15-32-16-18/h2-5,17-18,20H,6-16H2,1H3,(H,25,30). The van der Waals surface area contributed by atoms with Crippen LogP contribution in [-0.4, -0.2) is 80.5 Å².